The van der Waals surface area contributed by atoms with Gasteiger partial charge in [0.15, 0.2) is 5.65 Å². The van der Waals surface area contributed by atoms with Crippen LogP contribution in [0.3, 0.4) is 0 Å². The van der Waals surface area contributed by atoms with Crippen molar-refractivity contribution < 1.29 is 9.53 Å². The van der Waals surface area contributed by atoms with Crippen molar-refractivity contribution in [1.29, 1.82) is 5.26 Å². The molecule has 0 saturated carbocycles. The van der Waals surface area contributed by atoms with Crippen LogP contribution in [0.25, 0.3) is 27.8 Å². The molecule has 4 rings (SSSR count). The SMILES string of the molecule is CCOC(=O)c1cccn2c1nc1c(C#N)c(C)c(-c3ccccc3)c(Cl)c12. The Morgan fingerprint density at radius 3 is 2.68 bits per heavy atom. The van der Waals surface area contributed by atoms with Gasteiger partial charge in [-0.3, -0.25) is 4.40 Å². The highest BCUT2D eigenvalue weighted by Crippen LogP contribution is 2.40. The summed E-state index contributed by atoms with van der Waals surface area (Å²) in [6, 6.07) is 15.3. The van der Waals surface area contributed by atoms with E-state index >= 15 is 0 Å². The molecule has 0 unspecified atom stereocenters. The monoisotopic (exact) mass is 389 g/mol. The number of pyridine rings is 1. The second-order valence-electron chi connectivity index (χ2n) is 6.31. The van der Waals surface area contributed by atoms with Gasteiger partial charge in [-0.1, -0.05) is 41.9 Å². The van der Waals surface area contributed by atoms with Crippen LogP contribution in [0, 0.1) is 18.3 Å². The fraction of sp³-hybridized carbons (Fsp3) is 0.136. The zero-order valence-electron chi connectivity index (χ0n) is 15.4. The van der Waals surface area contributed by atoms with Crippen molar-refractivity contribution in [2.75, 3.05) is 6.61 Å². The molecule has 0 aliphatic rings. The Morgan fingerprint density at radius 2 is 2.00 bits per heavy atom. The van der Waals surface area contributed by atoms with Gasteiger partial charge in [0.05, 0.1) is 22.7 Å². The lowest BCUT2D eigenvalue weighted by atomic mass is 9.95. The van der Waals surface area contributed by atoms with E-state index in [9.17, 15) is 10.1 Å². The number of ether oxygens (including phenoxy) is 1. The third-order valence-corrected chi connectivity index (χ3v) is 5.10. The first kappa shape index (κ1) is 18.0. The summed E-state index contributed by atoms with van der Waals surface area (Å²) in [5.74, 6) is -0.460. The number of halogens is 1. The van der Waals surface area contributed by atoms with E-state index in [0.717, 1.165) is 16.7 Å². The van der Waals surface area contributed by atoms with Crippen LogP contribution < -0.4 is 0 Å². The normalized spacial score (nSPS) is 10.9. The third-order valence-electron chi connectivity index (χ3n) is 4.73. The van der Waals surface area contributed by atoms with Crippen LogP contribution >= 0.6 is 11.6 Å². The van der Waals surface area contributed by atoms with E-state index < -0.39 is 5.97 Å². The van der Waals surface area contributed by atoms with Crippen LogP contribution in [0.4, 0.5) is 0 Å². The summed E-state index contributed by atoms with van der Waals surface area (Å²) < 4.78 is 6.89. The van der Waals surface area contributed by atoms with Crippen LogP contribution in [-0.4, -0.2) is 22.0 Å². The Balaban J connectivity index is 2.15. The Morgan fingerprint density at radius 1 is 1.25 bits per heavy atom. The number of fused-ring (bicyclic) bond motifs is 3. The van der Waals surface area contributed by atoms with Crippen LogP contribution in [-0.2, 0) is 4.74 Å². The molecule has 0 bridgehead atoms. The number of esters is 1. The Labute approximate surface area is 166 Å². The highest BCUT2D eigenvalue weighted by atomic mass is 35.5. The minimum atomic E-state index is -0.460. The van der Waals surface area contributed by atoms with Crippen molar-refractivity contribution in [3.63, 3.8) is 0 Å². The molecule has 0 spiro atoms. The molecule has 0 fully saturated rings. The summed E-state index contributed by atoms with van der Waals surface area (Å²) in [6.45, 7) is 3.88. The first-order valence-electron chi connectivity index (χ1n) is 8.84. The number of nitrogens with zero attached hydrogens (tertiary/aromatic N) is 3. The number of aromatic nitrogens is 2. The molecule has 0 atom stereocenters. The summed E-state index contributed by atoms with van der Waals surface area (Å²) in [7, 11) is 0. The van der Waals surface area contributed by atoms with Crippen molar-refractivity contribution in [3.8, 4) is 17.2 Å². The van der Waals surface area contributed by atoms with Gasteiger partial charge in [0, 0.05) is 11.8 Å². The van der Waals surface area contributed by atoms with Crippen molar-refractivity contribution in [1.82, 2.24) is 9.38 Å². The number of benzene rings is 2. The number of rotatable bonds is 3. The second-order valence-corrected chi connectivity index (χ2v) is 6.69. The Bertz CT molecular complexity index is 1270. The van der Waals surface area contributed by atoms with Crippen LogP contribution in [0.5, 0.6) is 0 Å². The van der Waals surface area contributed by atoms with E-state index in [2.05, 4.69) is 11.1 Å². The highest BCUT2D eigenvalue weighted by molar-refractivity contribution is 6.38. The molecule has 138 valence electrons. The molecule has 0 aliphatic carbocycles. The molecule has 28 heavy (non-hydrogen) atoms. The standard InChI is InChI=1S/C22H16ClN3O2/c1-3-28-22(27)15-10-7-11-26-20-18(23)17(14-8-5-4-6-9-14)13(2)16(12-24)19(20)25-21(15)26/h4-11H,3H2,1-2H3. The quantitative estimate of drug-likeness (QED) is 0.453. The summed E-state index contributed by atoms with van der Waals surface area (Å²) in [5.41, 5.74) is 4.72. The van der Waals surface area contributed by atoms with Gasteiger partial charge in [-0.2, -0.15) is 5.26 Å². The number of carbonyl (C=O) groups excluding carboxylic acids is 1. The minimum absolute atomic E-state index is 0.265. The maximum atomic E-state index is 12.4. The van der Waals surface area contributed by atoms with Gasteiger partial charge in [-0.05, 0) is 37.1 Å². The topological polar surface area (TPSA) is 67.4 Å². The molecule has 2 heterocycles. The molecule has 2 aromatic heterocycles. The number of hydrogen-bond acceptors (Lipinski definition) is 4. The highest BCUT2D eigenvalue weighted by Gasteiger charge is 2.23. The fourth-order valence-corrected chi connectivity index (χ4v) is 3.92. The summed E-state index contributed by atoms with van der Waals surface area (Å²) in [4.78, 5) is 17.0. The predicted molar refractivity (Wildman–Crippen MR) is 109 cm³/mol. The predicted octanol–water partition coefficient (Wildman–Crippen LogP) is 5.16. The average molecular weight is 390 g/mol. The number of nitriles is 1. The smallest absolute Gasteiger partial charge is 0.341 e. The van der Waals surface area contributed by atoms with Crippen LogP contribution in [0.1, 0.15) is 28.4 Å². The molecular weight excluding hydrogens is 374 g/mol. The van der Waals surface area contributed by atoms with E-state index in [4.69, 9.17) is 16.3 Å². The van der Waals surface area contributed by atoms with E-state index in [0.29, 0.717) is 32.8 Å². The average Bonchev–Trinajstić information content (AvgIpc) is 3.09. The first-order valence-corrected chi connectivity index (χ1v) is 9.21. The Hall–Kier alpha value is -3.36. The number of hydrogen-bond donors (Lipinski definition) is 0. The van der Waals surface area contributed by atoms with Crippen molar-refractivity contribution in [3.05, 3.63) is 70.4 Å². The molecule has 0 N–H and O–H groups in total. The van der Waals surface area contributed by atoms with Gasteiger partial charge in [0.1, 0.15) is 17.1 Å². The maximum Gasteiger partial charge on any atom is 0.341 e. The molecule has 5 nitrogen and oxygen atoms in total. The summed E-state index contributed by atoms with van der Waals surface area (Å²) in [5, 5.41) is 10.3. The van der Waals surface area contributed by atoms with Crippen LogP contribution in [0.2, 0.25) is 5.02 Å². The van der Waals surface area contributed by atoms with E-state index in [1.165, 1.54) is 0 Å². The zero-order valence-corrected chi connectivity index (χ0v) is 16.1. The number of carbonyl (C=O) groups is 1. The van der Waals surface area contributed by atoms with Crippen LogP contribution in [0.15, 0.2) is 48.7 Å². The van der Waals surface area contributed by atoms with E-state index in [1.54, 1.807) is 29.7 Å². The lowest BCUT2D eigenvalue weighted by Gasteiger charge is -2.12. The molecule has 0 radical (unpaired) electrons. The van der Waals surface area contributed by atoms with Crippen molar-refractivity contribution in [2.45, 2.75) is 13.8 Å². The third kappa shape index (κ3) is 2.62. The van der Waals surface area contributed by atoms with E-state index in [1.807, 2.05) is 37.3 Å². The fourth-order valence-electron chi connectivity index (χ4n) is 3.49. The lowest BCUT2D eigenvalue weighted by molar-refractivity contribution is 0.0528. The van der Waals surface area contributed by atoms with Gasteiger partial charge in [-0.25, -0.2) is 9.78 Å². The molecule has 0 saturated heterocycles. The second kappa shape index (κ2) is 6.99. The van der Waals surface area contributed by atoms with Gasteiger partial charge >= 0.3 is 5.97 Å². The molecule has 0 aliphatic heterocycles. The van der Waals surface area contributed by atoms with E-state index in [-0.39, 0.29) is 6.61 Å². The summed E-state index contributed by atoms with van der Waals surface area (Å²) in [6.07, 6.45) is 1.78. The molecular formula is C22H16ClN3O2. The molecule has 2 aromatic carbocycles. The molecule has 0 amide bonds. The minimum Gasteiger partial charge on any atom is -0.462 e. The number of imidazole rings is 1. The van der Waals surface area contributed by atoms with Crippen molar-refractivity contribution >= 4 is 34.3 Å². The Kier molecular flexibility index (Phi) is 4.50. The van der Waals surface area contributed by atoms with Crippen molar-refractivity contribution in [2.24, 2.45) is 0 Å². The first-order chi connectivity index (χ1) is 13.6. The maximum absolute atomic E-state index is 12.4. The summed E-state index contributed by atoms with van der Waals surface area (Å²) >= 11 is 6.84. The van der Waals surface area contributed by atoms with Gasteiger partial charge in [-0.15, -0.1) is 0 Å². The van der Waals surface area contributed by atoms with Gasteiger partial charge in [0.25, 0.3) is 0 Å². The zero-order chi connectivity index (χ0) is 19.8. The lowest BCUT2D eigenvalue weighted by Crippen LogP contribution is -2.06. The molecule has 6 heteroatoms. The largest absolute Gasteiger partial charge is 0.462 e. The van der Waals surface area contributed by atoms with Gasteiger partial charge < -0.3 is 4.74 Å². The van der Waals surface area contributed by atoms with Gasteiger partial charge in [0.2, 0.25) is 0 Å². The molecule has 4 aromatic rings.